The fourth-order valence-corrected chi connectivity index (χ4v) is 3.59. The van der Waals surface area contributed by atoms with E-state index in [1.807, 2.05) is 0 Å². The molecule has 0 saturated heterocycles. The number of alkyl halides is 3. The molecule has 0 bridgehead atoms. The molecule has 0 heterocycles. The zero-order valence-electron chi connectivity index (χ0n) is 13.7. The molecule has 7 heteroatoms. The lowest BCUT2D eigenvalue weighted by molar-refractivity contribution is -0.137. The molecule has 1 aliphatic carbocycles. The van der Waals surface area contributed by atoms with Gasteiger partial charge in [0.2, 0.25) is 5.91 Å². The second-order valence-electron chi connectivity index (χ2n) is 5.66. The summed E-state index contributed by atoms with van der Waals surface area (Å²) in [6, 6.07) is 4.65. The molecule has 1 saturated carbocycles. The van der Waals surface area contributed by atoms with E-state index < -0.39 is 11.7 Å². The first-order valence-electron chi connectivity index (χ1n) is 8.09. The summed E-state index contributed by atoms with van der Waals surface area (Å²) in [5.41, 5.74) is -0.759. The lowest BCUT2D eigenvalue weighted by Crippen LogP contribution is -2.26. The first-order chi connectivity index (χ1) is 11.9. The van der Waals surface area contributed by atoms with E-state index in [-0.39, 0.29) is 24.8 Å². The van der Waals surface area contributed by atoms with Crippen molar-refractivity contribution in [3.63, 3.8) is 0 Å². The van der Waals surface area contributed by atoms with E-state index in [1.165, 1.54) is 37.8 Å². The molecule has 1 amide bonds. The summed E-state index contributed by atoms with van der Waals surface area (Å²) < 4.78 is 42.9. The Balaban J connectivity index is 1.63. The van der Waals surface area contributed by atoms with Gasteiger partial charge in [0.25, 0.3) is 0 Å². The monoisotopic (exact) mass is 371 g/mol. The molecule has 0 spiro atoms. The number of hydrogen-bond donors (Lipinski definition) is 1. The highest BCUT2D eigenvalue weighted by Gasteiger charge is 2.30. The molecule has 1 aromatic carbocycles. The SMILES string of the molecule is O=C(CSC1CCCC1)NCC#CCOc1cccc(C(F)(F)F)c1. The number of carbonyl (C=O) groups excluding carboxylic acids is 1. The summed E-state index contributed by atoms with van der Waals surface area (Å²) in [5.74, 6) is 5.89. The second-order valence-corrected chi connectivity index (χ2v) is 6.95. The molecular formula is C18H20F3NO2S. The summed E-state index contributed by atoms with van der Waals surface area (Å²) >= 11 is 1.68. The quantitative estimate of drug-likeness (QED) is 0.772. The van der Waals surface area contributed by atoms with Gasteiger partial charge in [-0.05, 0) is 31.0 Å². The van der Waals surface area contributed by atoms with Crippen LogP contribution in [0, 0.1) is 11.8 Å². The van der Waals surface area contributed by atoms with Gasteiger partial charge < -0.3 is 10.1 Å². The Kier molecular flexibility index (Phi) is 7.51. The number of halogens is 3. The van der Waals surface area contributed by atoms with Crippen molar-refractivity contribution in [2.75, 3.05) is 18.9 Å². The predicted molar refractivity (Wildman–Crippen MR) is 92.4 cm³/mol. The molecule has 136 valence electrons. The predicted octanol–water partition coefficient (Wildman–Crippen LogP) is 3.88. The molecule has 0 radical (unpaired) electrons. The molecule has 25 heavy (non-hydrogen) atoms. The summed E-state index contributed by atoms with van der Waals surface area (Å²) in [7, 11) is 0. The van der Waals surface area contributed by atoms with Crippen molar-refractivity contribution >= 4 is 17.7 Å². The number of rotatable bonds is 6. The average molecular weight is 371 g/mol. The first kappa shape index (κ1) is 19.5. The number of nitrogens with one attached hydrogen (secondary N) is 1. The largest absolute Gasteiger partial charge is 0.481 e. The Bertz CT molecular complexity index is 631. The van der Waals surface area contributed by atoms with Gasteiger partial charge in [-0.1, -0.05) is 30.7 Å². The van der Waals surface area contributed by atoms with Crippen LogP contribution in [0.4, 0.5) is 13.2 Å². The Labute approximate surface area is 149 Å². The van der Waals surface area contributed by atoms with E-state index in [1.54, 1.807) is 11.8 Å². The fourth-order valence-electron chi connectivity index (χ4n) is 2.44. The van der Waals surface area contributed by atoms with Crippen molar-refractivity contribution in [2.45, 2.75) is 37.1 Å². The number of amides is 1. The van der Waals surface area contributed by atoms with Crippen LogP contribution in [0.2, 0.25) is 0 Å². The summed E-state index contributed by atoms with van der Waals surface area (Å²) in [6.07, 6.45) is 0.467. The van der Waals surface area contributed by atoms with Crippen LogP contribution in [0.15, 0.2) is 24.3 Å². The minimum absolute atomic E-state index is 0.0337. The van der Waals surface area contributed by atoms with Crippen molar-refractivity contribution < 1.29 is 22.7 Å². The molecule has 1 aliphatic rings. The standard InChI is InChI=1S/C18H20F3NO2S/c19-18(20,21)14-6-5-7-15(12-14)24-11-4-3-10-22-17(23)13-25-16-8-1-2-9-16/h5-7,12,16H,1-2,8-11,13H2,(H,22,23). The van der Waals surface area contributed by atoms with Gasteiger partial charge in [0.15, 0.2) is 0 Å². The maximum Gasteiger partial charge on any atom is 0.416 e. The van der Waals surface area contributed by atoms with Gasteiger partial charge in [0, 0.05) is 5.25 Å². The highest BCUT2D eigenvalue weighted by molar-refractivity contribution is 8.00. The molecule has 3 nitrogen and oxygen atoms in total. The van der Waals surface area contributed by atoms with Gasteiger partial charge in [-0.25, -0.2) is 0 Å². The minimum atomic E-state index is -4.40. The Morgan fingerprint density at radius 3 is 2.76 bits per heavy atom. The molecule has 1 aromatic rings. The van der Waals surface area contributed by atoms with Crippen molar-refractivity contribution in [1.82, 2.24) is 5.32 Å². The third-order valence-electron chi connectivity index (χ3n) is 3.72. The van der Waals surface area contributed by atoms with Gasteiger partial charge in [-0.15, -0.1) is 11.8 Å². The first-order valence-corrected chi connectivity index (χ1v) is 9.14. The maximum atomic E-state index is 12.6. The van der Waals surface area contributed by atoms with Gasteiger partial charge in [-0.3, -0.25) is 4.79 Å². The van der Waals surface area contributed by atoms with Crippen LogP contribution < -0.4 is 10.1 Å². The molecule has 1 N–H and O–H groups in total. The molecule has 1 fully saturated rings. The van der Waals surface area contributed by atoms with Gasteiger partial charge in [0.05, 0.1) is 17.9 Å². The van der Waals surface area contributed by atoms with Crippen LogP contribution in [0.25, 0.3) is 0 Å². The summed E-state index contributed by atoms with van der Waals surface area (Å²) in [6.45, 7) is 0.171. The molecule has 0 aliphatic heterocycles. The van der Waals surface area contributed by atoms with E-state index in [2.05, 4.69) is 17.2 Å². The second kappa shape index (κ2) is 9.62. The van der Waals surface area contributed by atoms with Crippen LogP contribution >= 0.6 is 11.8 Å². The van der Waals surface area contributed by atoms with Gasteiger partial charge >= 0.3 is 6.18 Å². The number of thioether (sulfide) groups is 1. The van der Waals surface area contributed by atoms with Crippen molar-refractivity contribution in [1.29, 1.82) is 0 Å². The average Bonchev–Trinajstić information content (AvgIpc) is 3.09. The van der Waals surface area contributed by atoms with Gasteiger partial charge in [-0.2, -0.15) is 13.2 Å². The van der Waals surface area contributed by atoms with Crippen LogP contribution in [0.3, 0.4) is 0 Å². The summed E-state index contributed by atoms with van der Waals surface area (Å²) in [4.78, 5) is 11.6. The van der Waals surface area contributed by atoms with Gasteiger partial charge in [0.1, 0.15) is 12.4 Å². The zero-order chi connectivity index (χ0) is 18.1. The number of hydrogen-bond acceptors (Lipinski definition) is 3. The smallest absolute Gasteiger partial charge is 0.416 e. The molecule has 2 rings (SSSR count). The third kappa shape index (κ3) is 7.30. The highest BCUT2D eigenvalue weighted by Crippen LogP contribution is 2.31. The number of carbonyl (C=O) groups is 1. The van der Waals surface area contributed by atoms with E-state index in [0.717, 1.165) is 12.1 Å². The number of ether oxygens (including phenoxy) is 1. The fraction of sp³-hybridized carbons (Fsp3) is 0.500. The minimum Gasteiger partial charge on any atom is -0.481 e. The van der Waals surface area contributed by atoms with E-state index in [4.69, 9.17) is 4.74 Å². The molecule has 0 aromatic heterocycles. The molecule has 0 unspecified atom stereocenters. The Morgan fingerprint density at radius 2 is 2.04 bits per heavy atom. The zero-order valence-corrected chi connectivity index (χ0v) is 14.5. The number of benzene rings is 1. The molecular weight excluding hydrogens is 351 g/mol. The normalized spacial score (nSPS) is 14.7. The highest BCUT2D eigenvalue weighted by atomic mass is 32.2. The lowest BCUT2D eigenvalue weighted by atomic mass is 10.2. The summed E-state index contributed by atoms with van der Waals surface area (Å²) in [5, 5.41) is 3.29. The van der Waals surface area contributed by atoms with E-state index in [0.29, 0.717) is 11.0 Å². The van der Waals surface area contributed by atoms with Crippen LogP contribution in [-0.4, -0.2) is 30.1 Å². The van der Waals surface area contributed by atoms with Crippen molar-refractivity contribution in [3.8, 4) is 17.6 Å². The van der Waals surface area contributed by atoms with E-state index in [9.17, 15) is 18.0 Å². The van der Waals surface area contributed by atoms with Crippen LogP contribution in [0.1, 0.15) is 31.2 Å². The lowest BCUT2D eigenvalue weighted by Gasteiger charge is -2.08. The van der Waals surface area contributed by atoms with Crippen molar-refractivity contribution in [2.24, 2.45) is 0 Å². The van der Waals surface area contributed by atoms with Crippen LogP contribution in [-0.2, 0) is 11.0 Å². The maximum absolute atomic E-state index is 12.6. The topological polar surface area (TPSA) is 38.3 Å². The third-order valence-corrected chi connectivity index (χ3v) is 5.10. The molecule has 0 atom stereocenters. The van der Waals surface area contributed by atoms with Crippen molar-refractivity contribution in [3.05, 3.63) is 29.8 Å². The van der Waals surface area contributed by atoms with E-state index >= 15 is 0 Å². The Hall–Kier alpha value is -1.81. The van der Waals surface area contributed by atoms with Crippen LogP contribution in [0.5, 0.6) is 5.75 Å². The Morgan fingerprint density at radius 1 is 1.28 bits per heavy atom.